The van der Waals surface area contributed by atoms with Crippen molar-refractivity contribution in [2.45, 2.75) is 23.0 Å². The molecular weight excluding hydrogens is 440 g/mol. The molecule has 2 rings (SSSR count). The van der Waals surface area contributed by atoms with Gasteiger partial charge in [-0.3, -0.25) is 0 Å². The molecule has 2 unspecified atom stereocenters. The van der Waals surface area contributed by atoms with E-state index < -0.39 is 0 Å². The average Bonchev–Trinajstić information content (AvgIpc) is 2.61. The number of hydrogen-bond donors (Lipinski definition) is 0. The predicted molar refractivity (Wildman–Crippen MR) is 97.3 cm³/mol. The highest BCUT2D eigenvalue weighted by Crippen LogP contribution is 2.14. The predicted octanol–water partition coefficient (Wildman–Crippen LogP) is 3.84. The highest BCUT2D eigenvalue weighted by atomic mass is 79.9. The van der Waals surface area contributed by atoms with Gasteiger partial charge in [-0.25, -0.2) is 0 Å². The first kappa shape index (κ1) is 18.5. The fourth-order valence-corrected chi connectivity index (χ4v) is 2.91. The smallest absolute Gasteiger partial charge is 0.188 e. The molecule has 8 heteroatoms. The number of pyridine rings is 2. The molecule has 0 aromatic carbocycles. The number of nitrogens with zero attached hydrogens (tertiary/aromatic N) is 4. The van der Waals surface area contributed by atoms with Crippen molar-refractivity contribution in [1.29, 1.82) is 0 Å². The van der Waals surface area contributed by atoms with E-state index in [1.165, 1.54) is 0 Å². The van der Waals surface area contributed by atoms with Gasteiger partial charge in [0.15, 0.2) is 24.8 Å². The lowest BCUT2D eigenvalue weighted by atomic mass is 10.2. The van der Waals surface area contributed by atoms with E-state index in [1.54, 1.807) is 0 Å². The number of aromatic nitrogens is 2. The van der Waals surface area contributed by atoms with E-state index in [1.807, 2.05) is 70.3 Å². The van der Waals surface area contributed by atoms with E-state index in [-0.39, 0.29) is 23.0 Å². The number of halogens is 2. The van der Waals surface area contributed by atoms with Crippen LogP contribution in [0, 0.1) is 9.81 Å². The Morgan fingerprint density at radius 1 is 0.792 bits per heavy atom. The molecule has 0 saturated heterocycles. The van der Waals surface area contributed by atoms with Gasteiger partial charge < -0.3 is 0 Å². The van der Waals surface area contributed by atoms with Crippen LogP contribution in [-0.4, -0.2) is 0 Å². The van der Waals surface area contributed by atoms with Crippen molar-refractivity contribution in [3.05, 3.63) is 82.1 Å². The molecule has 0 aliphatic carbocycles. The molecule has 0 aliphatic rings. The zero-order valence-corrected chi connectivity index (χ0v) is 15.9. The van der Waals surface area contributed by atoms with Gasteiger partial charge in [0.25, 0.3) is 0 Å². The van der Waals surface area contributed by atoms with Gasteiger partial charge in [0.05, 0.1) is 0 Å². The fourth-order valence-electron chi connectivity index (χ4n) is 2.01. The Labute approximate surface area is 156 Å². The van der Waals surface area contributed by atoms with Crippen LogP contribution < -0.4 is 9.13 Å². The molecule has 24 heavy (non-hydrogen) atoms. The molecule has 0 spiro atoms. The quantitative estimate of drug-likeness (QED) is 0.262. The van der Waals surface area contributed by atoms with E-state index in [9.17, 15) is 9.81 Å². The second-order valence-electron chi connectivity index (χ2n) is 5.01. The third kappa shape index (κ3) is 5.38. The summed E-state index contributed by atoms with van der Waals surface area (Å²) in [5.41, 5.74) is 1.76. The van der Waals surface area contributed by atoms with Gasteiger partial charge in [-0.05, 0) is 55.1 Å². The maximum Gasteiger partial charge on any atom is 0.230 e. The normalized spacial score (nSPS) is 13.6. The Kier molecular flexibility index (Phi) is 7.33. The molecule has 2 aromatic rings. The highest BCUT2D eigenvalue weighted by Gasteiger charge is 2.14. The van der Waals surface area contributed by atoms with E-state index in [2.05, 4.69) is 42.2 Å². The number of rotatable bonds is 8. The minimum absolute atomic E-state index is 0.0186. The summed E-state index contributed by atoms with van der Waals surface area (Å²) in [4.78, 5) is 20.5. The lowest BCUT2D eigenvalue weighted by molar-refractivity contribution is -0.692. The van der Waals surface area contributed by atoms with Gasteiger partial charge in [-0.15, -0.1) is 0 Å². The minimum Gasteiger partial charge on any atom is -0.188 e. The molecule has 0 fully saturated rings. The fraction of sp³-hybridized carbons (Fsp3) is 0.250. The van der Waals surface area contributed by atoms with Crippen LogP contribution >= 0.6 is 31.9 Å². The van der Waals surface area contributed by atoms with Crippen molar-refractivity contribution in [2.24, 2.45) is 10.4 Å². The Hall–Kier alpha value is -1.80. The van der Waals surface area contributed by atoms with Crippen molar-refractivity contribution < 1.29 is 9.13 Å². The summed E-state index contributed by atoms with van der Waals surface area (Å²) in [5, 5.41) is 5.75. The third-order valence-corrected chi connectivity index (χ3v) is 4.89. The summed E-state index contributed by atoms with van der Waals surface area (Å²) in [6.45, 7) is 0.360. The summed E-state index contributed by atoms with van der Waals surface area (Å²) in [7, 11) is 0. The number of allylic oxidation sites excluding steroid dienone is 2. The van der Waals surface area contributed by atoms with Crippen LogP contribution in [0.15, 0.2) is 71.6 Å². The molecule has 0 N–H and O–H groups in total. The molecule has 0 amide bonds. The van der Waals surface area contributed by atoms with Crippen molar-refractivity contribution in [3.63, 3.8) is 0 Å². The monoisotopic (exact) mass is 454 g/mol. The Morgan fingerprint density at radius 3 is 1.42 bits per heavy atom. The molecule has 2 aromatic heterocycles. The molecule has 2 heterocycles. The van der Waals surface area contributed by atoms with Crippen LogP contribution in [0.3, 0.4) is 0 Å². The number of hydrogen-bond acceptors (Lipinski definition) is 4. The summed E-state index contributed by atoms with van der Waals surface area (Å²) in [6.07, 6.45) is 11.6. The molecule has 124 valence electrons. The lowest BCUT2D eigenvalue weighted by Gasteiger charge is -2.03. The topological polar surface area (TPSA) is 66.6 Å². The molecule has 0 radical (unpaired) electrons. The van der Waals surface area contributed by atoms with Crippen LogP contribution in [0.2, 0.25) is 0 Å². The first-order valence-corrected chi connectivity index (χ1v) is 9.01. The first-order chi connectivity index (χ1) is 11.6. The number of alkyl halides is 2. The molecule has 0 aliphatic heterocycles. The van der Waals surface area contributed by atoms with Gasteiger partial charge >= 0.3 is 0 Å². The van der Waals surface area contributed by atoms with Gasteiger partial charge in [-0.2, -0.15) is 18.9 Å². The average molecular weight is 456 g/mol. The second kappa shape index (κ2) is 9.48. The second-order valence-corrected chi connectivity index (χ2v) is 6.89. The van der Waals surface area contributed by atoms with Crippen molar-refractivity contribution in [1.82, 2.24) is 0 Å². The maximum absolute atomic E-state index is 10.3. The lowest BCUT2D eigenvalue weighted by Crippen LogP contribution is -2.36. The van der Waals surface area contributed by atoms with Crippen molar-refractivity contribution in [2.75, 3.05) is 0 Å². The zero-order chi connectivity index (χ0) is 17.4. The van der Waals surface area contributed by atoms with E-state index in [0.717, 1.165) is 11.1 Å². The Balaban J connectivity index is 2.00. The van der Waals surface area contributed by atoms with Gasteiger partial charge in [0.2, 0.25) is 9.90 Å². The van der Waals surface area contributed by atoms with Crippen molar-refractivity contribution >= 4 is 31.9 Å². The molecule has 0 saturated carbocycles. The largest absolute Gasteiger partial charge is 0.230 e. The van der Waals surface area contributed by atoms with Crippen LogP contribution in [0.5, 0.6) is 0 Å². The summed E-state index contributed by atoms with van der Waals surface area (Å²) in [5.74, 6) is 0. The third-order valence-electron chi connectivity index (χ3n) is 3.34. The standard InChI is InChI=1S/C16H16Br2N4O2/c17-15(21-7-3-13(4-8-21)11-19-23)1-2-16(18)22-9-5-14(6-10-22)12-20-24/h1-10,15-16H,11-12H2/q+2. The molecular formula is C16H16Br2N4O2+2. The SMILES string of the molecule is O=NCc1cc[n+](C(Br)C=CC(Br)[n+]2ccc(CN=O)cc2)cc1. The van der Waals surface area contributed by atoms with Gasteiger partial charge in [0, 0.05) is 24.3 Å². The Bertz CT molecular complexity index is 644. The maximum atomic E-state index is 10.3. The van der Waals surface area contributed by atoms with Crippen LogP contribution in [0.4, 0.5) is 0 Å². The Morgan fingerprint density at radius 2 is 1.12 bits per heavy atom. The van der Waals surface area contributed by atoms with Crippen molar-refractivity contribution in [3.8, 4) is 0 Å². The van der Waals surface area contributed by atoms with Crippen LogP contribution in [0.1, 0.15) is 21.0 Å². The molecule has 2 atom stereocenters. The molecule has 6 nitrogen and oxygen atoms in total. The molecule has 0 bridgehead atoms. The van der Waals surface area contributed by atoms with Crippen LogP contribution in [-0.2, 0) is 13.1 Å². The summed E-state index contributed by atoms with van der Waals surface area (Å²) >= 11 is 7.19. The van der Waals surface area contributed by atoms with E-state index in [0.29, 0.717) is 0 Å². The zero-order valence-electron chi connectivity index (χ0n) is 12.7. The highest BCUT2D eigenvalue weighted by molar-refractivity contribution is 9.09. The van der Waals surface area contributed by atoms with E-state index in [4.69, 9.17) is 0 Å². The minimum atomic E-state index is -0.0186. The first-order valence-electron chi connectivity index (χ1n) is 7.18. The van der Waals surface area contributed by atoms with E-state index >= 15 is 0 Å². The van der Waals surface area contributed by atoms with Crippen LogP contribution in [0.25, 0.3) is 0 Å². The summed E-state index contributed by atoms with van der Waals surface area (Å²) in [6, 6.07) is 7.46. The number of nitroso groups, excluding NO2 is 2. The summed E-state index contributed by atoms with van der Waals surface area (Å²) < 4.78 is 3.93. The van der Waals surface area contributed by atoms with Gasteiger partial charge in [0.1, 0.15) is 13.1 Å². The van der Waals surface area contributed by atoms with Gasteiger partial charge in [-0.1, -0.05) is 10.4 Å².